The minimum absolute atomic E-state index is 0.486. The number of halogens is 1. The molecule has 2 aromatic rings. The second-order valence-electron chi connectivity index (χ2n) is 4.51. The summed E-state index contributed by atoms with van der Waals surface area (Å²) in [5.41, 5.74) is 8.76. The highest BCUT2D eigenvalue weighted by atomic mass is 79.9. The zero-order valence-electron chi connectivity index (χ0n) is 11.0. The maximum atomic E-state index is 6.02. The largest absolute Gasteiger partial charge is 0.497 e. The van der Waals surface area contributed by atoms with Crippen LogP contribution in [0.4, 0.5) is 5.82 Å². The van der Waals surface area contributed by atoms with E-state index in [4.69, 9.17) is 15.2 Å². The van der Waals surface area contributed by atoms with Gasteiger partial charge in [0.15, 0.2) is 5.82 Å². The van der Waals surface area contributed by atoms with Gasteiger partial charge in [0.25, 0.3) is 0 Å². The second kappa shape index (κ2) is 5.38. The number of rotatable bonds is 2. The molecule has 2 heterocycles. The van der Waals surface area contributed by atoms with Crippen molar-refractivity contribution in [2.75, 3.05) is 19.5 Å². The highest BCUT2D eigenvalue weighted by Crippen LogP contribution is 2.31. The van der Waals surface area contributed by atoms with Gasteiger partial charge in [0, 0.05) is 22.0 Å². The number of anilines is 1. The smallest absolute Gasteiger partial charge is 0.163 e. The van der Waals surface area contributed by atoms with Crippen LogP contribution in [-0.4, -0.2) is 23.7 Å². The van der Waals surface area contributed by atoms with E-state index in [9.17, 15) is 0 Å². The van der Waals surface area contributed by atoms with Crippen molar-refractivity contribution in [2.45, 2.75) is 13.0 Å². The Kier molecular flexibility index (Phi) is 3.58. The molecule has 20 heavy (non-hydrogen) atoms. The number of methoxy groups -OCH3 is 1. The van der Waals surface area contributed by atoms with Crippen molar-refractivity contribution < 1.29 is 9.47 Å². The lowest BCUT2D eigenvalue weighted by Gasteiger charge is -2.18. The van der Waals surface area contributed by atoms with Gasteiger partial charge in [-0.2, -0.15) is 0 Å². The molecule has 0 bridgehead atoms. The van der Waals surface area contributed by atoms with E-state index >= 15 is 0 Å². The first-order valence-electron chi connectivity index (χ1n) is 6.26. The molecule has 1 aliphatic rings. The van der Waals surface area contributed by atoms with Crippen molar-refractivity contribution >= 4 is 21.7 Å². The van der Waals surface area contributed by atoms with Crippen LogP contribution < -0.4 is 10.5 Å². The topological polar surface area (TPSA) is 70.3 Å². The first-order chi connectivity index (χ1) is 9.69. The number of hydrogen-bond donors (Lipinski definition) is 1. The van der Waals surface area contributed by atoms with Gasteiger partial charge in [0.1, 0.15) is 11.6 Å². The second-order valence-corrected chi connectivity index (χ2v) is 5.36. The Hall–Kier alpha value is -1.66. The van der Waals surface area contributed by atoms with Crippen molar-refractivity contribution in [3.8, 4) is 17.1 Å². The molecule has 0 fully saturated rings. The van der Waals surface area contributed by atoms with Crippen LogP contribution in [0.25, 0.3) is 11.4 Å². The fraction of sp³-hybridized carbons (Fsp3) is 0.286. The van der Waals surface area contributed by atoms with Gasteiger partial charge in [-0.05, 0) is 18.2 Å². The summed E-state index contributed by atoms with van der Waals surface area (Å²) in [5, 5.41) is 0. The Balaban J connectivity index is 2.13. The van der Waals surface area contributed by atoms with Crippen molar-refractivity contribution in [1.29, 1.82) is 0 Å². The first kappa shape index (κ1) is 13.3. The monoisotopic (exact) mass is 335 g/mol. The molecule has 3 rings (SSSR count). The standard InChI is InChI=1S/C14H14BrN3O2/c1-19-8-2-3-11(15)9(6-8)14-17-12-4-5-20-7-10(12)13(16)18-14/h2-3,6H,4-5,7H2,1H3,(H2,16,17,18). The molecule has 0 spiro atoms. The van der Waals surface area contributed by atoms with Crippen LogP contribution >= 0.6 is 15.9 Å². The lowest BCUT2D eigenvalue weighted by molar-refractivity contribution is 0.109. The van der Waals surface area contributed by atoms with Crippen LogP contribution in [0.5, 0.6) is 5.75 Å². The van der Waals surface area contributed by atoms with E-state index in [1.165, 1.54) is 0 Å². The van der Waals surface area contributed by atoms with Crippen molar-refractivity contribution in [3.63, 3.8) is 0 Å². The van der Waals surface area contributed by atoms with Crippen LogP contribution in [0.15, 0.2) is 22.7 Å². The molecule has 2 N–H and O–H groups in total. The molecule has 0 radical (unpaired) electrons. The summed E-state index contributed by atoms with van der Waals surface area (Å²) in [5.74, 6) is 1.85. The molecule has 104 valence electrons. The normalized spacial score (nSPS) is 13.9. The molecular formula is C14H14BrN3O2. The molecule has 0 saturated carbocycles. The summed E-state index contributed by atoms with van der Waals surface area (Å²) in [6.07, 6.45) is 0.761. The van der Waals surface area contributed by atoms with Crippen molar-refractivity contribution in [1.82, 2.24) is 9.97 Å². The fourth-order valence-electron chi connectivity index (χ4n) is 2.18. The lowest BCUT2D eigenvalue weighted by Crippen LogP contribution is -2.16. The summed E-state index contributed by atoms with van der Waals surface area (Å²) in [7, 11) is 1.63. The summed E-state index contributed by atoms with van der Waals surface area (Å²) in [6, 6.07) is 5.68. The van der Waals surface area contributed by atoms with Crippen LogP contribution in [-0.2, 0) is 17.8 Å². The average molecular weight is 336 g/mol. The molecule has 0 atom stereocenters. The summed E-state index contributed by atoms with van der Waals surface area (Å²) >= 11 is 3.52. The highest BCUT2D eigenvalue weighted by molar-refractivity contribution is 9.10. The molecule has 1 aliphatic heterocycles. The molecule has 1 aromatic carbocycles. The SMILES string of the molecule is COc1ccc(Br)c(-c2nc(N)c3c(n2)CCOC3)c1. The predicted octanol–water partition coefficient (Wildman–Crippen LogP) is 2.57. The number of hydrogen-bond acceptors (Lipinski definition) is 5. The molecule has 1 aromatic heterocycles. The van der Waals surface area contributed by atoms with E-state index in [0.717, 1.165) is 33.5 Å². The van der Waals surface area contributed by atoms with Gasteiger partial charge in [0.2, 0.25) is 0 Å². The van der Waals surface area contributed by atoms with E-state index in [-0.39, 0.29) is 0 Å². The lowest BCUT2D eigenvalue weighted by atomic mass is 10.1. The van der Waals surface area contributed by atoms with Crippen LogP contribution in [0.2, 0.25) is 0 Å². The Labute approximate surface area is 125 Å². The number of nitrogens with two attached hydrogens (primary N) is 1. The van der Waals surface area contributed by atoms with Crippen LogP contribution in [0, 0.1) is 0 Å². The maximum absolute atomic E-state index is 6.02. The zero-order valence-corrected chi connectivity index (χ0v) is 12.6. The van der Waals surface area contributed by atoms with Crippen LogP contribution in [0.1, 0.15) is 11.3 Å². The molecule has 5 nitrogen and oxygen atoms in total. The zero-order chi connectivity index (χ0) is 14.1. The molecule has 0 amide bonds. The Morgan fingerprint density at radius 2 is 2.20 bits per heavy atom. The van der Waals surface area contributed by atoms with E-state index in [1.807, 2.05) is 18.2 Å². The van der Waals surface area contributed by atoms with Gasteiger partial charge in [-0.25, -0.2) is 9.97 Å². The third-order valence-corrected chi connectivity index (χ3v) is 3.96. The average Bonchev–Trinajstić information content (AvgIpc) is 2.48. The third-order valence-electron chi connectivity index (χ3n) is 3.27. The van der Waals surface area contributed by atoms with E-state index < -0.39 is 0 Å². The Morgan fingerprint density at radius 3 is 3.00 bits per heavy atom. The van der Waals surface area contributed by atoms with Gasteiger partial charge < -0.3 is 15.2 Å². The Morgan fingerprint density at radius 1 is 1.35 bits per heavy atom. The summed E-state index contributed by atoms with van der Waals surface area (Å²) in [4.78, 5) is 9.02. The summed E-state index contributed by atoms with van der Waals surface area (Å²) < 4.78 is 11.5. The minimum atomic E-state index is 0.486. The first-order valence-corrected chi connectivity index (χ1v) is 7.05. The van der Waals surface area contributed by atoms with Crippen molar-refractivity contribution in [2.24, 2.45) is 0 Å². The highest BCUT2D eigenvalue weighted by Gasteiger charge is 2.18. The molecular weight excluding hydrogens is 322 g/mol. The number of fused-ring (bicyclic) bond motifs is 1. The van der Waals surface area contributed by atoms with E-state index in [2.05, 4.69) is 25.9 Å². The molecule has 0 saturated heterocycles. The molecule has 0 unspecified atom stereocenters. The van der Waals surface area contributed by atoms with Gasteiger partial charge in [0.05, 0.1) is 26.0 Å². The number of nitrogen functional groups attached to an aromatic ring is 1. The maximum Gasteiger partial charge on any atom is 0.163 e. The predicted molar refractivity (Wildman–Crippen MR) is 79.5 cm³/mol. The Bertz CT molecular complexity index is 661. The van der Waals surface area contributed by atoms with Crippen LogP contribution in [0.3, 0.4) is 0 Å². The number of nitrogens with zero attached hydrogens (tertiary/aromatic N) is 2. The summed E-state index contributed by atoms with van der Waals surface area (Å²) in [6.45, 7) is 1.16. The minimum Gasteiger partial charge on any atom is -0.497 e. The van der Waals surface area contributed by atoms with Gasteiger partial charge in [-0.1, -0.05) is 15.9 Å². The van der Waals surface area contributed by atoms with Crippen molar-refractivity contribution in [3.05, 3.63) is 33.9 Å². The molecule has 6 heteroatoms. The van der Waals surface area contributed by atoms with E-state index in [1.54, 1.807) is 7.11 Å². The fourth-order valence-corrected chi connectivity index (χ4v) is 2.60. The number of ether oxygens (including phenoxy) is 2. The molecule has 0 aliphatic carbocycles. The third kappa shape index (κ3) is 2.36. The number of benzene rings is 1. The van der Waals surface area contributed by atoms with Gasteiger partial charge in [-0.3, -0.25) is 0 Å². The van der Waals surface area contributed by atoms with Gasteiger partial charge >= 0.3 is 0 Å². The van der Waals surface area contributed by atoms with Gasteiger partial charge in [-0.15, -0.1) is 0 Å². The number of aromatic nitrogens is 2. The quantitative estimate of drug-likeness (QED) is 0.913. The van der Waals surface area contributed by atoms with E-state index in [0.29, 0.717) is 24.9 Å².